The number of carbonyl (C=O) groups excluding carboxylic acids is 1. The third-order valence-electron chi connectivity index (χ3n) is 9.72. The molecule has 2 aromatic heterocycles. The Balaban J connectivity index is 1.35. The van der Waals surface area contributed by atoms with Gasteiger partial charge in [0.1, 0.15) is 35.6 Å². The second kappa shape index (κ2) is 14.3. The SMILES string of the molecule is C#Cc1c(F)ccc2cc(OC(=O)NCCOC)cc(-c3ncc4c(N5CCCCCN5)nc(OC[C@@]56CCCN5C[C@H](F)C6)nc4c3F)c12. The number of pyridine rings is 1. The lowest BCUT2D eigenvalue weighted by Crippen LogP contribution is -2.43. The van der Waals surface area contributed by atoms with Crippen molar-refractivity contribution in [3.8, 4) is 35.4 Å². The molecule has 11 nitrogen and oxygen atoms in total. The fourth-order valence-corrected chi connectivity index (χ4v) is 7.37. The fraction of sp³-hybridized carbons (Fsp3) is 0.444. The number of methoxy groups -OCH3 is 1. The molecule has 0 aliphatic carbocycles. The third-order valence-corrected chi connectivity index (χ3v) is 9.72. The summed E-state index contributed by atoms with van der Waals surface area (Å²) in [6.07, 6.45) is 10.5. The number of alkyl halides is 1. The second-order valence-corrected chi connectivity index (χ2v) is 12.9. The number of hydrogen-bond acceptors (Lipinski definition) is 10. The molecule has 14 heteroatoms. The number of aromatic nitrogens is 3. The van der Waals surface area contributed by atoms with E-state index in [2.05, 4.69) is 31.5 Å². The van der Waals surface area contributed by atoms with E-state index in [0.717, 1.165) is 38.6 Å². The summed E-state index contributed by atoms with van der Waals surface area (Å²) >= 11 is 0. The van der Waals surface area contributed by atoms with Gasteiger partial charge in [-0.25, -0.2) is 23.4 Å². The van der Waals surface area contributed by atoms with Crippen molar-refractivity contribution in [1.29, 1.82) is 0 Å². The summed E-state index contributed by atoms with van der Waals surface area (Å²) in [5.74, 6) is 1.33. The van der Waals surface area contributed by atoms with Gasteiger partial charge in [-0.3, -0.25) is 14.9 Å². The van der Waals surface area contributed by atoms with Crippen molar-refractivity contribution in [3.63, 3.8) is 0 Å². The van der Waals surface area contributed by atoms with Gasteiger partial charge in [0.05, 0.1) is 23.1 Å². The fourth-order valence-electron chi connectivity index (χ4n) is 7.37. The molecule has 7 rings (SSSR count). The number of halogens is 3. The van der Waals surface area contributed by atoms with E-state index in [9.17, 15) is 9.18 Å². The van der Waals surface area contributed by atoms with Crippen molar-refractivity contribution in [2.45, 2.75) is 50.2 Å². The molecule has 2 atom stereocenters. The van der Waals surface area contributed by atoms with Gasteiger partial charge in [0, 0.05) is 56.9 Å². The maximum Gasteiger partial charge on any atom is 0.412 e. The monoisotopic (exact) mass is 689 g/mol. The van der Waals surface area contributed by atoms with E-state index in [1.165, 1.54) is 37.6 Å². The minimum atomic E-state index is -0.942. The summed E-state index contributed by atoms with van der Waals surface area (Å²) in [7, 11) is 1.50. The summed E-state index contributed by atoms with van der Waals surface area (Å²) in [6, 6.07) is 5.53. The maximum atomic E-state index is 17.0. The van der Waals surface area contributed by atoms with Gasteiger partial charge in [-0.05, 0) is 55.8 Å². The lowest BCUT2D eigenvalue weighted by Gasteiger charge is -2.31. The molecule has 262 valence electrons. The van der Waals surface area contributed by atoms with Crippen LogP contribution < -0.4 is 25.2 Å². The maximum absolute atomic E-state index is 17.0. The Kier molecular flexibility index (Phi) is 9.63. The predicted octanol–water partition coefficient (Wildman–Crippen LogP) is 5.29. The van der Waals surface area contributed by atoms with Crippen LogP contribution >= 0.6 is 0 Å². The first kappa shape index (κ1) is 33.8. The number of anilines is 1. The van der Waals surface area contributed by atoms with Crippen molar-refractivity contribution >= 4 is 33.6 Å². The Morgan fingerprint density at radius 2 is 2.06 bits per heavy atom. The Hall–Kier alpha value is -4.71. The predicted molar refractivity (Wildman–Crippen MR) is 182 cm³/mol. The molecule has 0 saturated carbocycles. The molecular formula is C36H38F3N7O4. The smallest absolute Gasteiger partial charge is 0.412 e. The molecule has 0 unspecified atom stereocenters. The van der Waals surface area contributed by atoms with E-state index in [1.807, 2.05) is 5.01 Å². The van der Waals surface area contributed by atoms with Crippen LogP contribution in [0.25, 0.3) is 32.9 Å². The molecule has 0 bridgehead atoms. The van der Waals surface area contributed by atoms with Crippen LogP contribution in [0.1, 0.15) is 44.1 Å². The summed E-state index contributed by atoms with van der Waals surface area (Å²) < 4.78 is 63.4. The van der Waals surface area contributed by atoms with Crippen LogP contribution in [0.4, 0.5) is 23.8 Å². The molecule has 5 heterocycles. The Morgan fingerprint density at radius 1 is 1.18 bits per heavy atom. The zero-order chi connectivity index (χ0) is 34.8. The minimum Gasteiger partial charge on any atom is -0.461 e. The van der Waals surface area contributed by atoms with Gasteiger partial charge in [-0.1, -0.05) is 18.4 Å². The van der Waals surface area contributed by atoms with Gasteiger partial charge in [-0.15, -0.1) is 6.42 Å². The van der Waals surface area contributed by atoms with E-state index in [-0.39, 0.29) is 59.2 Å². The molecule has 3 aliphatic heterocycles. The zero-order valence-electron chi connectivity index (χ0n) is 27.7. The minimum absolute atomic E-state index is 0.0526. The van der Waals surface area contributed by atoms with Crippen LogP contribution in [-0.2, 0) is 4.74 Å². The zero-order valence-corrected chi connectivity index (χ0v) is 27.7. The normalized spacial score (nSPS) is 20.9. The molecule has 4 aromatic rings. The van der Waals surface area contributed by atoms with Crippen molar-refractivity contribution in [1.82, 2.24) is 30.6 Å². The molecule has 3 fully saturated rings. The van der Waals surface area contributed by atoms with Gasteiger partial charge in [0.2, 0.25) is 0 Å². The van der Waals surface area contributed by atoms with Crippen LogP contribution in [0.2, 0.25) is 0 Å². The summed E-state index contributed by atoms with van der Waals surface area (Å²) in [4.78, 5) is 28.5. The molecule has 50 heavy (non-hydrogen) atoms. The molecule has 2 N–H and O–H groups in total. The first-order valence-corrected chi connectivity index (χ1v) is 16.9. The highest BCUT2D eigenvalue weighted by Gasteiger charge is 2.49. The average Bonchev–Trinajstić information content (AvgIpc) is 3.49. The van der Waals surface area contributed by atoms with Crippen LogP contribution in [0, 0.1) is 24.0 Å². The largest absolute Gasteiger partial charge is 0.461 e. The highest BCUT2D eigenvalue weighted by molar-refractivity contribution is 6.03. The molecule has 2 aromatic carbocycles. The number of benzene rings is 2. The molecule has 0 radical (unpaired) electrons. The Bertz CT molecular complexity index is 1970. The quantitative estimate of drug-likeness (QED) is 0.178. The van der Waals surface area contributed by atoms with Gasteiger partial charge in [0.25, 0.3) is 0 Å². The number of carbonyl (C=O) groups is 1. The summed E-state index contributed by atoms with van der Waals surface area (Å²) in [5, 5.41) is 5.38. The van der Waals surface area contributed by atoms with Crippen molar-refractivity contribution in [2.24, 2.45) is 0 Å². The van der Waals surface area contributed by atoms with Crippen molar-refractivity contribution < 1.29 is 32.2 Å². The number of terminal acetylenes is 1. The average molecular weight is 690 g/mol. The molecular weight excluding hydrogens is 651 g/mol. The van der Waals surface area contributed by atoms with E-state index in [4.69, 9.17) is 25.6 Å². The highest BCUT2D eigenvalue weighted by Crippen LogP contribution is 2.42. The number of nitrogens with zero attached hydrogens (tertiary/aromatic N) is 5. The number of hydrazine groups is 1. The molecule has 0 spiro atoms. The first-order valence-electron chi connectivity index (χ1n) is 16.9. The number of amides is 1. The lowest BCUT2D eigenvalue weighted by atomic mass is 9.95. The van der Waals surface area contributed by atoms with Crippen LogP contribution in [-0.4, -0.2) is 90.7 Å². The summed E-state index contributed by atoms with van der Waals surface area (Å²) in [5.41, 5.74) is 2.64. The number of nitrogens with one attached hydrogen (secondary N) is 2. The molecule has 3 saturated heterocycles. The van der Waals surface area contributed by atoms with Crippen LogP contribution in [0.15, 0.2) is 30.5 Å². The van der Waals surface area contributed by atoms with E-state index >= 15 is 8.78 Å². The second-order valence-electron chi connectivity index (χ2n) is 12.9. The van der Waals surface area contributed by atoms with Gasteiger partial charge in [-0.2, -0.15) is 9.97 Å². The Morgan fingerprint density at radius 3 is 2.90 bits per heavy atom. The number of rotatable bonds is 9. The molecule has 3 aliphatic rings. The number of ether oxygens (including phenoxy) is 3. The van der Waals surface area contributed by atoms with Crippen molar-refractivity contribution in [2.75, 3.05) is 58.1 Å². The van der Waals surface area contributed by atoms with Crippen LogP contribution in [0.5, 0.6) is 11.8 Å². The van der Waals surface area contributed by atoms with Gasteiger partial charge >= 0.3 is 12.1 Å². The lowest BCUT2D eigenvalue weighted by molar-refractivity contribution is 0.107. The molecule has 1 amide bonds. The van der Waals surface area contributed by atoms with Crippen molar-refractivity contribution in [3.05, 3.63) is 47.7 Å². The van der Waals surface area contributed by atoms with E-state index in [1.54, 1.807) is 0 Å². The standard InChI is InChI=1S/C36H38F3N7O4/c1-3-25-28(38)9-8-22-16-24(50-35(47)40-12-15-48-2)17-26(29(22)25)31-30(39)32-27(19-41-31)33(46-14-6-4-5-11-42-46)44-34(43-32)49-21-36-10-7-13-45(36)20-23(37)18-36/h1,8-9,16-17,19,23,42H,4-7,10-15,18,20-21H2,2H3,(H,40,47)/t23-,36+/m1/s1. The number of fused-ring (bicyclic) bond motifs is 3. The van der Waals surface area contributed by atoms with Gasteiger partial charge in [0.15, 0.2) is 11.6 Å². The van der Waals surface area contributed by atoms with Crippen LogP contribution in [0.3, 0.4) is 0 Å². The summed E-state index contributed by atoms with van der Waals surface area (Å²) in [6.45, 7) is 3.09. The Labute approximate surface area is 287 Å². The van der Waals surface area contributed by atoms with E-state index in [0.29, 0.717) is 42.6 Å². The topological polar surface area (TPSA) is 114 Å². The highest BCUT2D eigenvalue weighted by atomic mass is 19.1. The first-order chi connectivity index (χ1) is 24.3. The number of hydrogen-bond donors (Lipinski definition) is 2. The third kappa shape index (κ3) is 6.48. The van der Waals surface area contributed by atoms with E-state index < -0.39 is 29.4 Å². The van der Waals surface area contributed by atoms with Gasteiger partial charge < -0.3 is 19.5 Å².